The van der Waals surface area contributed by atoms with Gasteiger partial charge >= 0.3 is 0 Å². The van der Waals surface area contributed by atoms with Gasteiger partial charge in [-0.2, -0.15) is 0 Å². The van der Waals surface area contributed by atoms with Crippen molar-refractivity contribution in [3.63, 3.8) is 0 Å². The first-order valence-electron chi connectivity index (χ1n) is 7.69. The Bertz CT molecular complexity index is 805. The summed E-state index contributed by atoms with van der Waals surface area (Å²) in [6, 6.07) is 10.2. The fraction of sp³-hybridized carbons (Fsp3) is 0.235. The van der Waals surface area contributed by atoms with Crippen LogP contribution in [0.4, 0.5) is 15.8 Å². The average molecular weight is 364 g/mol. The molecule has 1 aliphatic rings. The van der Waals surface area contributed by atoms with Crippen LogP contribution >= 0.6 is 11.6 Å². The van der Waals surface area contributed by atoms with Crippen molar-refractivity contribution < 1.29 is 14.1 Å². The lowest BCUT2D eigenvalue weighted by atomic mass is 10.1. The number of hydrogen-bond acceptors (Lipinski definition) is 4. The highest BCUT2D eigenvalue weighted by Crippen LogP contribution is 2.22. The number of hydrogen-bond donors (Lipinski definition) is 0. The van der Waals surface area contributed by atoms with E-state index in [1.807, 2.05) is 4.90 Å². The van der Waals surface area contributed by atoms with Crippen molar-refractivity contribution in [2.24, 2.45) is 0 Å². The van der Waals surface area contributed by atoms with E-state index >= 15 is 0 Å². The highest BCUT2D eigenvalue weighted by Gasteiger charge is 2.24. The minimum absolute atomic E-state index is 0.0312. The predicted molar refractivity (Wildman–Crippen MR) is 92.6 cm³/mol. The maximum absolute atomic E-state index is 13.8. The van der Waals surface area contributed by atoms with Crippen molar-refractivity contribution in [2.75, 3.05) is 31.1 Å². The van der Waals surface area contributed by atoms with Gasteiger partial charge < -0.3 is 9.80 Å². The van der Waals surface area contributed by atoms with Gasteiger partial charge in [0.15, 0.2) is 0 Å². The molecule has 1 fully saturated rings. The van der Waals surface area contributed by atoms with Crippen molar-refractivity contribution in [2.45, 2.75) is 0 Å². The van der Waals surface area contributed by atoms with Crippen LogP contribution in [0.25, 0.3) is 0 Å². The normalized spacial score (nSPS) is 14.5. The summed E-state index contributed by atoms with van der Waals surface area (Å²) in [5, 5.41) is 11.0. The molecule has 0 N–H and O–H groups in total. The van der Waals surface area contributed by atoms with Crippen molar-refractivity contribution in [1.29, 1.82) is 0 Å². The molecule has 0 bridgehead atoms. The molecule has 0 spiro atoms. The van der Waals surface area contributed by atoms with E-state index in [1.165, 1.54) is 30.3 Å². The van der Waals surface area contributed by atoms with E-state index in [4.69, 9.17) is 11.6 Å². The summed E-state index contributed by atoms with van der Waals surface area (Å²) < 4.78 is 13.8. The Morgan fingerprint density at radius 2 is 1.72 bits per heavy atom. The Balaban J connectivity index is 1.66. The van der Waals surface area contributed by atoms with Gasteiger partial charge in [0.2, 0.25) is 0 Å². The van der Waals surface area contributed by atoms with Crippen LogP contribution in [0.15, 0.2) is 42.5 Å². The van der Waals surface area contributed by atoms with E-state index in [-0.39, 0.29) is 17.2 Å². The molecule has 0 radical (unpaired) electrons. The molecule has 0 aromatic heterocycles. The lowest BCUT2D eigenvalue weighted by molar-refractivity contribution is -0.384. The molecule has 1 aliphatic heterocycles. The molecular formula is C17H15ClFN3O3. The number of nitro benzene ring substituents is 1. The maximum atomic E-state index is 13.8. The topological polar surface area (TPSA) is 66.7 Å². The monoisotopic (exact) mass is 363 g/mol. The number of amides is 1. The van der Waals surface area contributed by atoms with Crippen LogP contribution in [0, 0.1) is 15.9 Å². The SMILES string of the molecule is O=C(c1cc(Cl)ccc1F)N1CCN(c2ccc([N+](=O)[O-])cc2)CC1. The molecule has 1 amide bonds. The first-order valence-corrected chi connectivity index (χ1v) is 8.07. The van der Waals surface area contributed by atoms with Crippen LogP contribution in [0.2, 0.25) is 5.02 Å². The van der Waals surface area contributed by atoms with Crippen molar-refractivity contribution in [3.8, 4) is 0 Å². The van der Waals surface area contributed by atoms with E-state index in [1.54, 1.807) is 17.0 Å². The van der Waals surface area contributed by atoms with Crippen LogP contribution in [0.5, 0.6) is 0 Å². The van der Waals surface area contributed by atoms with Gasteiger partial charge in [-0.05, 0) is 30.3 Å². The quantitative estimate of drug-likeness (QED) is 0.619. The molecule has 2 aromatic rings. The number of halogens is 2. The third-order valence-corrected chi connectivity index (χ3v) is 4.39. The number of rotatable bonds is 3. The molecular weight excluding hydrogens is 349 g/mol. The molecule has 130 valence electrons. The molecule has 3 rings (SSSR count). The van der Waals surface area contributed by atoms with E-state index < -0.39 is 10.7 Å². The summed E-state index contributed by atoms with van der Waals surface area (Å²) in [4.78, 5) is 26.3. The number of anilines is 1. The summed E-state index contributed by atoms with van der Waals surface area (Å²) in [7, 11) is 0. The predicted octanol–water partition coefficient (Wildman–Crippen LogP) is 3.35. The fourth-order valence-corrected chi connectivity index (χ4v) is 2.96. The van der Waals surface area contributed by atoms with E-state index in [0.717, 1.165) is 5.69 Å². The first kappa shape index (κ1) is 17.2. The number of carbonyl (C=O) groups is 1. The summed E-state index contributed by atoms with van der Waals surface area (Å²) in [6.07, 6.45) is 0. The summed E-state index contributed by atoms with van der Waals surface area (Å²) in [5.41, 5.74) is 0.858. The summed E-state index contributed by atoms with van der Waals surface area (Å²) in [5.74, 6) is -0.976. The lowest BCUT2D eigenvalue weighted by Crippen LogP contribution is -2.49. The zero-order valence-electron chi connectivity index (χ0n) is 13.2. The molecule has 0 unspecified atom stereocenters. The van der Waals surface area contributed by atoms with Crippen molar-refractivity contribution in [1.82, 2.24) is 4.90 Å². The zero-order chi connectivity index (χ0) is 18.0. The molecule has 2 aromatic carbocycles. The average Bonchev–Trinajstić information content (AvgIpc) is 2.63. The highest BCUT2D eigenvalue weighted by molar-refractivity contribution is 6.31. The van der Waals surface area contributed by atoms with Gasteiger partial charge in [-0.1, -0.05) is 11.6 Å². The van der Waals surface area contributed by atoms with Crippen LogP contribution in [0.3, 0.4) is 0 Å². The molecule has 1 heterocycles. The third-order valence-electron chi connectivity index (χ3n) is 4.15. The van der Waals surface area contributed by atoms with E-state index in [2.05, 4.69) is 0 Å². The fourth-order valence-electron chi connectivity index (χ4n) is 2.78. The number of benzene rings is 2. The molecule has 1 saturated heterocycles. The highest BCUT2D eigenvalue weighted by atomic mass is 35.5. The number of piperazine rings is 1. The van der Waals surface area contributed by atoms with Gasteiger partial charge in [-0.25, -0.2) is 4.39 Å². The van der Waals surface area contributed by atoms with Crippen LogP contribution in [-0.4, -0.2) is 41.9 Å². The van der Waals surface area contributed by atoms with Crippen LogP contribution < -0.4 is 4.90 Å². The summed E-state index contributed by atoms with van der Waals surface area (Å²) in [6.45, 7) is 1.99. The minimum Gasteiger partial charge on any atom is -0.368 e. The summed E-state index contributed by atoms with van der Waals surface area (Å²) >= 11 is 5.84. The molecule has 8 heteroatoms. The smallest absolute Gasteiger partial charge is 0.269 e. The largest absolute Gasteiger partial charge is 0.368 e. The van der Waals surface area contributed by atoms with Gasteiger partial charge in [0.1, 0.15) is 5.82 Å². The lowest BCUT2D eigenvalue weighted by Gasteiger charge is -2.36. The second-order valence-electron chi connectivity index (χ2n) is 5.68. The van der Waals surface area contributed by atoms with E-state index in [9.17, 15) is 19.3 Å². The Labute approximate surface area is 148 Å². The Kier molecular flexibility index (Phi) is 4.85. The zero-order valence-corrected chi connectivity index (χ0v) is 13.9. The molecule has 0 atom stereocenters. The van der Waals surface area contributed by atoms with Gasteiger partial charge in [0.05, 0.1) is 10.5 Å². The van der Waals surface area contributed by atoms with Gasteiger partial charge in [0.25, 0.3) is 11.6 Å². The third kappa shape index (κ3) is 3.71. The number of nitro groups is 1. The number of non-ortho nitro benzene ring substituents is 1. The van der Waals surface area contributed by atoms with Crippen molar-refractivity contribution in [3.05, 3.63) is 69.0 Å². The first-order chi connectivity index (χ1) is 12.0. The minimum atomic E-state index is -0.591. The van der Waals surface area contributed by atoms with Gasteiger partial charge in [0, 0.05) is 49.0 Å². The maximum Gasteiger partial charge on any atom is 0.269 e. The second-order valence-corrected chi connectivity index (χ2v) is 6.11. The molecule has 6 nitrogen and oxygen atoms in total. The molecule has 0 saturated carbocycles. The van der Waals surface area contributed by atoms with Crippen LogP contribution in [-0.2, 0) is 0 Å². The number of carbonyl (C=O) groups excluding carboxylic acids is 1. The Hall–Kier alpha value is -2.67. The number of nitrogens with zero attached hydrogens (tertiary/aromatic N) is 3. The molecule has 0 aliphatic carbocycles. The van der Waals surface area contributed by atoms with Gasteiger partial charge in [-0.15, -0.1) is 0 Å². The van der Waals surface area contributed by atoms with Crippen molar-refractivity contribution >= 4 is 28.9 Å². The van der Waals surface area contributed by atoms with Crippen LogP contribution in [0.1, 0.15) is 10.4 Å². The van der Waals surface area contributed by atoms with Gasteiger partial charge in [-0.3, -0.25) is 14.9 Å². The Morgan fingerprint density at radius 3 is 2.32 bits per heavy atom. The van der Waals surface area contributed by atoms with E-state index in [0.29, 0.717) is 31.2 Å². The second kappa shape index (κ2) is 7.06. The standard InChI is InChI=1S/C17H15ClFN3O3/c18-12-1-6-16(19)15(11-12)17(23)21-9-7-20(8-10-21)13-2-4-14(5-3-13)22(24)25/h1-6,11H,7-10H2. The Morgan fingerprint density at radius 1 is 1.08 bits per heavy atom. The molecule has 25 heavy (non-hydrogen) atoms.